The van der Waals surface area contributed by atoms with Crippen molar-refractivity contribution in [3.8, 4) is 0 Å². The van der Waals surface area contributed by atoms with Crippen LogP contribution in [0.15, 0.2) is 18.7 Å². The molecule has 0 saturated carbocycles. The van der Waals surface area contributed by atoms with Crippen LogP contribution in [0.2, 0.25) is 0 Å². The van der Waals surface area contributed by atoms with Gasteiger partial charge in [0.2, 0.25) is 5.91 Å². The van der Waals surface area contributed by atoms with Gasteiger partial charge in [-0.1, -0.05) is 0 Å². The monoisotopic (exact) mass is 208 g/mol. The van der Waals surface area contributed by atoms with E-state index in [-0.39, 0.29) is 11.8 Å². The van der Waals surface area contributed by atoms with Crippen molar-refractivity contribution in [2.75, 3.05) is 19.6 Å². The van der Waals surface area contributed by atoms with Gasteiger partial charge in [0.25, 0.3) is 0 Å². The predicted molar refractivity (Wildman–Crippen MR) is 56.2 cm³/mol. The normalized spacial score (nSPS) is 20.4. The Morgan fingerprint density at radius 1 is 1.67 bits per heavy atom. The number of imidazole rings is 1. The topological polar surface area (TPSA) is 59.0 Å². The van der Waals surface area contributed by atoms with Crippen molar-refractivity contribution < 1.29 is 4.79 Å². The molecule has 2 N–H and O–H groups in total. The van der Waals surface area contributed by atoms with Gasteiger partial charge in [0.1, 0.15) is 0 Å². The number of hydrogen-bond acceptors (Lipinski definition) is 3. The first-order valence-corrected chi connectivity index (χ1v) is 5.30. The number of hydrogen-bond donors (Lipinski definition) is 2. The predicted octanol–water partition coefficient (Wildman–Crippen LogP) is -0.391. The van der Waals surface area contributed by atoms with Crippen molar-refractivity contribution in [1.82, 2.24) is 20.2 Å². The molecule has 2 rings (SSSR count). The molecular formula is C10H16N4O. The molecule has 5 nitrogen and oxygen atoms in total. The van der Waals surface area contributed by atoms with Gasteiger partial charge in [-0.2, -0.15) is 0 Å². The van der Waals surface area contributed by atoms with E-state index in [2.05, 4.69) is 15.6 Å². The highest BCUT2D eigenvalue weighted by molar-refractivity contribution is 5.79. The highest BCUT2D eigenvalue weighted by atomic mass is 16.1. The van der Waals surface area contributed by atoms with E-state index in [0.29, 0.717) is 6.54 Å². The second-order valence-electron chi connectivity index (χ2n) is 3.78. The van der Waals surface area contributed by atoms with Crippen LogP contribution in [0.5, 0.6) is 0 Å². The molecule has 0 spiro atoms. The first-order valence-electron chi connectivity index (χ1n) is 5.30. The Balaban J connectivity index is 1.67. The summed E-state index contributed by atoms with van der Waals surface area (Å²) in [5.41, 5.74) is 0. The third-order valence-electron chi connectivity index (χ3n) is 2.66. The average Bonchev–Trinajstić information content (AvgIpc) is 2.90. The maximum absolute atomic E-state index is 11.6. The summed E-state index contributed by atoms with van der Waals surface area (Å²) in [4.78, 5) is 15.5. The van der Waals surface area contributed by atoms with Gasteiger partial charge >= 0.3 is 0 Å². The molecule has 1 saturated heterocycles. The molecule has 0 aliphatic carbocycles. The molecule has 15 heavy (non-hydrogen) atoms. The summed E-state index contributed by atoms with van der Waals surface area (Å²) in [6, 6.07) is 0. The van der Waals surface area contributed by atoms with Gasteiger partial charge in [-0.05, 0) is 13.0 Å². The molecule has 2 heterocycles. The van der Waals surface area contributed by atoms with Crippen LogP contribution in [-0.4, -0.2) is 35.1 Å². The third kappa shape index (κ3) is 2.79. The molecule has 1 unspecified atom stereocenters. The van der Waals surface area contributed by atoms with E-state index in [1.807, 2.05) is 10.8 Å². The SMILES string of the molecule is O=C(NCCn1ccnc1)C1CCNC1. The lowest BCUT2D eigenvalue weighted by molar-refractivity contribution is -0.124. The Hall–Kier alpha value is -1.36. The van der Waals surface area contributed by atoms with Gasteiger partial charge in [-0.25, -0.2) is 4.98 Å². The molecular weight excluding hydrogens is 192 g/mol. The van der Waals surface area contributed by atoms with Crippen LogP contribution >= 0.6 is 0 Å². The van der Waals surface area contributed by atoms with Crippen LogP contribution in [0.1, 0.15) is 6.42 Å². The van der Waals surface area contributed by atoms with Gasteiger partial charge in [0.15, 0.2) is 0 Å². The zero-order valence-corrected chi connectivity index (χ0v) is 8.65. The first kappa shape index (κ1) is 10.2. The third-order valence-corrected chi connectivity index (χ3v) is 2.66. The summed E-state index contributed by atoms with van der Waals surface area (Å²) in [6.07, 6.45) is 6.34. The number of rotatable bonds is 4. The Bertz CT molecular complexity index is 303. The zero-order valence-electron chi connectivity index (χ0n) is 8.65. The number of carbonyl (C=O) groups excluding carboxylic acids is 1. The van der Waals surface area contributed by atoms with Crippen molar-refractivity contribution >= 4 is 5.91 Å². The second kappa shape index (κ2) is 4.93. The number of nitrogens with zero attached hydrogens (tertiary/aromatic N) is 2. The minimum Gasteiger partial charge on any atom is -0.354 e. The van der Waals surface area contributed by atoms with Gasteiger partial charge in [0, 0.05) is 32.0 Å². The van der Waals surface area contributed by atoms with Gasteiger partial charge in [-0.15, -0.1) is 0 Å². The van der Waals surface area contributed by atoms with E-state index >= 15 is 0 Å². The number of carbonyl (C=O) groups is 1. The fourth-order valence-corrected chi connectivity index (χ4v) is 1.75. The van der Waals surface area contributed by atoms with Crippen LogP contribution in [0.3, 0.4) is 0 Å². The summed E-state index contributed by atoms with van der Waals surface area (Å²) in [5, 5.41) is 6.12. The fraction of sp³-hybridized carbons (Fsp3) is 0.600. The molecule has 1 aliphatic rings. The van der Waals surface area contributed by atoms with E-state index in [1.165, 1.54) is 0 Å². The summed E-state index contributed by atoms with van der Waals surface area (Å²) >= 11 is 0. The molecule has 1 aromatic rings. The molecule has 82 valence electrons. The van der Waals surface area contributed by atoms with Crippen molar-refractivity contribution in [3.63, 3.8) is 0 Å². The summed E-state index contributed by atoms with van der Waals surface area (Å²) in [5.74, 6) is 0.327. The van der Waals surface area contributed by atoms with Crippen molar-refractivity contribution in [2.24, 2.45) is 5.92 Å². The van der Waals surface area contributed by atoms with E-state index < -0.39 is 0 Å². The van der Waals surface area contributed by atoms with E-state index in [9.17, 15) is 4.79 Å². The van der Waals surface area contributed by atoms with Gasteiger partial charge in [-0.3, -0.25) is 4.79 Å². The minimum atomic E-state index is 0.160. The van der Waals surface area contributed by atoms with Crippen molar-refractivity contribution in [1.29, 1.82) is 0 Å². The quantitative estimate of drug-likeness (QED) is 0.708. The van der Waals surface area contributed by atoms with E-state index in [1.54, 1.807) is 12.5 Å². The van der Waals surface area contributed by atoms with E-state index in [4.69, 9.17) is 0 Å². The lowest BCUT2D eigenvalue weighted by Crippen LogP contribution is -2.33. The molecule has 1 fully saturated rings. The largest absolute Gasteiger partial charge is 0.354 e. The molecule has 0 radical (unpaired) electrons. The number of amides is 1. The molecule has 5 heteroatoms. The van der Waals surface area contributed by atoms with Crippen LogP contribution in [0, 0.1) is 5.92 Å². The summed E-state index contributed by atoms with van der Waals surface area (Å²) in [7, 11) is 0. The van der Waals surface area contributed by atoms with Crippen LogP contribution in [-0.2, 0) is 11.3 Å². The highest BCUT2D eigenvalue weighted by Crippen LogP contribution is 2.06. The molecule has 1 atom stereocenters. The van der Waals surface area contributed by atoms with Gasteiger partial charge < -0.3 is 15.2 Å². The van der Waals surface area contributed by atoms with Crippen LogP contribution in [0.4, 0.5) is 0 Å². The summed E-state index contributed by atoms with van der Waals surface area (Å²) < 4.78 is 1.95. The minimum absolute atomic E-state index is 0.160. The standard InChI is InChI=1S/C10H16N4O/c15-10(9-1-2-11-7-9)13-4-6-14-5-3-12-8-14/h3,5,8-9,11H,1-2,4,6-7H2,(H,13,15). The smallest absolute Gasteiger partial charge is 0.224 e. The lowest BCUT2D eigenvalue weighted by Gasteiger charge is -2.09. The summed E-state index contributed by atoms with van der Waals surface area (Å²) in [6.45, 7) is 3.23. The number of aromatic nitrogens is 2. The lowest BCUT2D eigenvalue weighted by atomic mass is 10.1. The Labute approximate surface area is 88.9 Å². The molecule has 0 bridgehead atoms. The van der Waals surface area contributed by atoms with Crippen LogP contribution in [0.25, 0.3) is 0 Å². The maximum atomic E-state index is 11.6. The fourth-order valence-electron chi connectivity index (χ4n) is 1.75. The van der Waals surface area contributed by atoms with E-state index in [0.717, 1.165) is 26.1 Å². The molecule has 1 aliphatic heterocycles. The molecule has 0 aromatic carbocycles. The van der Waals surface area contributed by atoms with Crippen molar-refractivity contribution in [3.05, 3.63) is 18.7 Å². The Morgan fingerprint density at radius 3 is 3.27 bits per heavy atom. The number of nitrogens with one attached hydrogen (secondary N) is 2. The maximum Gasteiger partial charge on any atom is 0.224 e. The molecule has 1 aromatic heterocycles. The van der Waals surface area contributed by atoms with Gasteiger partial charge in [0.05, 0.1) is 12.2 Å². The Kier molecular flexibility index (Phi) is 3.34. The van der Waals surface area contributed by atoms with Crippen molar-refractivity contribution in [2.45, 2.75) is 13.0 Å². The highest BCUT2D eigenvalue weighted by Gasteiger charge is 2.21. The second-order valence-corrected chi connectivity index (χ2v) is 3.78. The van der Waals surface area contributed by atoms with Crippen LogP contribution < -0.4 is 10.6 Å². The zero-order chi connectivity index (χ0) is 10.5. The first-order chi connectivity index (χ1) is 7.36. The average molecular weight is 208 g/mol. The Morgan fingerprint density at radius 2 is 2.60 bits per heavy atom. The molecule has 1 amide bonds.